The largest absolute Gasteiger partial charge is 0.366 e. The summed E-state index contributed by atoms with van der Waals surface area (Å²) >= 11 is 5.83. The van der Waals surface area contributed by atoms with Crippen molar-refractivity contribution in [3.63, 3.8) is 0 Å². The van der Waals surface area contributed by atoms with Gasteiger partial charge in [-0.05, 0) is 35.4 Å². The second kappa shape index (κ2) is 5.76. The Balaban J connectivity index is 2.29. The van der Waals surface area contributed by atoms with E-state index in [1.54, 1.807) is 12.1 Å². The monoisotopic (exact) mass is 269 g/mol. The summed E-state index contributed by atoms with van der Waals surface area (Å²) < 4.78 is 0. The lowest BCUT2D eigenvalue weighted by molar-refractivity contribution is 0.100. The van der Waals surface area contributed by atoms with Gasteiger partial charge in [-0.15, -0.1) is 0 Å². The Labute approximate surface area is 118 Å². The van der Waals surface area contributed by atoms with Gasteiger partial charge in [0.15, 0.2) is 0 Å². The SMILES string of the molecule is Bc1ccc(C(N)=O)cc1/C=C/c1ccc(Cl)cc1. The van der Waals surface area contributed by atoms with Crippen molar-refractivity contribution in [1.29, 1.82) is 0 Å². The third-order valence-electron chi connectivity index (χ3n) is 2.89. The number of benzene rings is 2. The molecule has 0 saturated heterocycles. The van der Waals surface area contributed by atoms with Crippen molar-refractivity contribution in [1.82, 2.24) is 0 Å². The molecule has 0 spiro atoms. The van der Waals surface area contributed by atoms with E-state index in [0.717, 1.165) is 16.6 Å². The van der Waals surface area contributed by atoms with E-state index in [9.17, 15) is 4.79 Å². The Morgan fingerprint density at radius 3 is 2.42 bits per heavy atom. The second-order valence-electron chi connectivity index (χ2n) is 4.32. The smallest absolute Gasteiger partial charge is 0.248 e. The molecule has 0 atom stereocenters. The summed E-state index contributed by atoms with van der Waals surface area (Å²) in [7, 11) is 1.99. The lowest BCUT2D eigenvalue weighted by Crippen LogP contribution is -2.14. The molecule has 2 aromatic rings. The summed E-state index contributed by atoms with van der Waals surface area (Å²) in [5.74, 6) is -0.416. The van der Waals surface area contributed by atoms with Gasteiger partial charge in [-0.2, -0.15) is 0 Å². The van der Waals surface area contributed by atoms with Crippen LogP contribution in [0.2, 0.25) is 5.02 Å². The summed E-state index contributed by atoms with van der Waals surface area (Å²) in [5, 5.41) is 0.712. The van der Waals surface area contributed by atoms with Gasteiger partial charge in [-0.25, -0.2) is 0 Å². The zero-order valence-electron chi connectivity index (χ0n) is 10.6. The van der Waals surface area contributed by atoms with Crippen LogP contribution in [0.3, 0.4) is 0 Å². The predicted molar refractivity (Wildman–Crippen MR) is 83.5 cm³/mol. The fourth-order valence-electron chi connectivity index (χ4n) is 1.73. The summed E-state index contributed by atoms with van der Waals surface area (Å²) in [4.78, 5) is 11.2. The number of nitrogens with two attached hydrogens (primary N) is 1. The molecule has 0 radical (unpaired) electrons. The number of halogens is 1. The molecule has 2 nitrogen and oxygen atoms in total. The van der Waals surface area contributed by atoms with E-state index in [0.29, 0.717) is 10.6 Å². The molecule has 1 amide bonds. The average molecular weight is 270 g/mol. The first kappa shape index (κ1) is 13.4. The van der Waals surface area contributed by atoms with Gasteiger partial charge < -0.3 is 5.73 Å². The molecule has 0 aliphatic heterocycles. The molecule has 94 valence electrons. The zero-order chi connectivity index (χ0) is 13.8. The first-order valence-electron chi connectivity index (χ1n) is 5.90. The maximum absolute atomic E-state index is 11.2. The van der Waals surface area contributed by atoms with E-state index in [4.69, 9.17) is 17.3 Å². The molecule has 19 heavy (non-hydrogen) atoms. The first-order valence-corrected chi connectivity index (χ1v) is 6.28. The molecule has 0 unspecified atom stereocenters. The molecule has 0 bridgehead atoms. The van der Waals surface area contributed by atoms with Crippen LogP contribution in [0, 0.1) is 0 Å². The summed E-state index contributed by atoms with van der Waals surface area (Å²) in [6, 6.07) is 13.0. The van der Waals surface area contributed by atoms with Crippen LogP contribution in [0.25, 0.3) is 12.2 Å². The minimum Gasteiger partial charge on any atom is -0.366 e. The molecular weight excluding hydrogens is 256 g/mol. The number of carbonyl (C=O) groups is 1. The highest BCUT2D eigenvalue weighted by Crippen LogP contribution is 2.12. The second-order valence-corrected chi connectivity index (χ2v) is 4.76. The van der Waals surface area contributed by atoms with Crippen LogP contribution < -0.4 is 11.2 Å². The first-order chi connectivity index (χ1) is 9.06. The Bertz CT molecular complexity index is 635. The normalized spacial score (nSPS) is 10.8. The highest BCUT2D eigenvalue weighted by atomic mass is 35.5. The van der Waals surface area contributed by atoms with E-state index in [1.165, 1.54) is 0 Å². The van der Waals surface area contributed by atoms with Crippen LogP contribution in [0.15, 0.2) is 42.5 Å². The topological polar surface area (TPSA) is 43.1 Å². The van der Waals surface area contributed by atoms with Crippen LogP contribution >= 0.6 is 11.6 Å². The van der Waals surface area contributed by atoms with Crippen molar-refractivity contribution >= 4 is 43.0 Å². The number of rotatable bonds is 3. The van der Waals surface area contributed by atoms with Crippen molar-refractivity contribution < 1.29 is 4.79 Å². The van der Waals surface area contributed by atoms with Crippen molar-refractivity contribution in [2.24, 2.45) is 5.73 Å². The van der Waals surface area contributed by atoms with Gasteiger partial charge >= 0.3 is 0 Å². The average Bonchev–Trinajstić information content (AvgIpc) is 2.39. The Morgan fingerprint density at radius 1 is 1.11 bits per heavy atom. The zero-order valence-corrected chi connectivity index (χ0v) is 11.3. The van der Waals surface area contributed by atoms with Crippen molar-refractivity contribution in [3.05, 3.63) is 64.2 Å². The quantitative estimate of drug-likeness (QED) is 0.671. The van der Waals surface area contributed by atoms with Gasteiger partial charge in [-0.3, -0.25) is 4.79 Å². The van der Waals surface area contributed by atoms with E-state index >= 15 is 0 Å². The maximum Gasteiger partial charge on any atom is 0.248 e. The Morgan fingerprint density at radius 2 is 1.79 bits per heavy atom. The minimum atomic E-state index is -0.416. The van der Waals surface area contributed by atoms with Gasteiger partial charge in [-0.1, -0.05) is 47.4 Å². The standard InChI is InChI=1S/C15H13BClNO/c16-14-8-5-12(15(18)19)9-11(14)4-1-10-2-6-13(17)7-3-10/h1-9H,16H2,(H2,18,19)/b4-1+. The number of carbonyl (C=O) groups excluding carboxylic acids is 1. The molecule has 0 aliphatic rings. The van der Waals surface area contributed by atoms with E-state index < -0.39 is 5.91 Å². The van der Waals surface area contributed by atoms with Crippen LogP contribution in [0.5, 0.6) is 0 Å². The third kappa shape index (κ3) is 3.49. The van der Waals surface area contributed by atoms with Crippen LogP contribution in [0.4, 0.5) is 0 Å². The van der Waals surface area contributed by atoms with E-state index in [2.05, 4.69) is 0 Å². The third-order valence-corrected chi connectivity index (χ3v) is 3.14. The molecule has 2 rings (SSSR count). The van der Waals surface area contributed by atoms with Gasteiger partial charge in [0.1, 0.15) is 7.85 Å². The van der Waals surface area contributed by atoms with Crippen molar-refractivity contribution in [2.75, 3.05) is 0 Å². The highest BCUT2D eigenvalue weighted by Gasteiger charge is 2.02. The van der Waals surface area contributed by atoms with E-state index in [1.807, 2.05) is 50.3 Å². The molecule has 0 fully saturated rings. The fraction of sp³-hybridized carbons (Fsp3) is 0. The maximum atomic E-state index is 11.2. The summed E-state index contributed by atoms with van der Waals surface area (Å²) in [6.07, 6.45) is 3.94. The van der Waals surface area contributed by atoms with Crippen LogP contribution in [-0.4, -0.2) is 13.8 Å². The van der Waals surface area contributed by atoms with Gasteiger partial charge in [0, 0.05) is 10.6 Å². The minimum absolute atomic E-state index is 0.416. The van der Waals surface area contributed by atoms with Gasteiger partial charge in [0.2, 0.25) is 5.91 Å². The molecule has 0 aromatic heterocycles. The molecule has 2 aromatic carbocycles. The van der Waals surface area contributed by atoms with Gasteiger partial charge in [0.05, 0.1) is 0 Å². The molecule has 0 saturated carbocycles. The van der Waals surface area contributed by atoms with E-state index in [-0.39, 0.29) is 0 Å². The van der Waals surface area contributed by atoms with Crippen LogP contribution in [-0.2, 0) is 0 Å². The number of hydrogen-bond donors (Lipinski definition) is 1. The Kier molecular flexibility index (Phi) is 4.08. The lowest BCUT2D eigenvalue weighted by atomic mass is 9.88. The summed E-state index contributed by atoms with van der Waals surface area (Å²) in [6.45, 7) is 0. The molecule has 0 heterocycles. The fourth-order valence-corrected chi connectivity index (χ4v) is 1.86. The highest BCUT2D eigenvalue weighted by molar-refractivity contribution is 6.34. The Hall–Kier alpha value is -2.00. The molecule has 0 aliphatic carbocycles. The molecule has 4 heteroatoms. The molecule has 2 N–H and O–H groups in total. The number of amides is 1. The molecular formula is C15H13BClNO. The summed E-state index contributed by atoms with van der Waals surface area (Å²) in [5.41, 5.74) is 8.91. The van der Waals surface area contributed by atoms with Gasteiger partial charge in [0.25, 0.3) is 0 Å². The van der Waals surface area contributed by atoms with Crippen molar-refractivity contribution in [3.8, 4) is 0 Å². The lowest BCUT2D eigenvalue weighted by Gasteiger charge is -2.03. The van der Waals surface area contributed by atoms with Crippen LogP contribution in [0.1, 0.15) is 21.5 Å². The predicted octanol–water partition coefficient (Wildman–Crippen LogP) is 1.87. The number of hydrogen-bond acceptors (Lipinski definition) is 1. The van der Waals surface area contributed by atoms with Crippen molar-refractivity contribution in [2.45, 2.75) is 0 Å². The number of primary amides is 1.